The molecule has 1 heterocycles. The minimum atomic E-state index is 0.740. The zero-order valence-corrected chi connectivity index (χ0v) is 17.9. The maximum absolute atomic E-state index is 6.67. The summed E-state index contributed by atoms with van der Waals surface area (Å²) in [6, 6.07) is 16.5. The highest BCUT2D eigenvalue weighted by Crippen LogP contribution is 2.38. The van der Waals surface area contributed by atoms with E-state index in [1.807, 2.05) is 24.3 Å². The molecule has 4 aromatic rings. The first-order chi connectivity index (χ1) is 13.6. The van der Waals surface area contributed by atoms with Gasteiger partial charge in [0.25, 0.3) is 0 Å². The summed E-state index contributed by atoms with van der Waals surface area (Å²) in [5, 5.41) is 3.90. The number of rotatable bonds is 5. The third kappa shape index (κ3) is 3.15. The predicted octanol–water partition coefficient (Wildman–Crippen LogP) is 7.28. The second kappa shape index (κ2) is 7.69. The summed E-state index contributed by atoms with van der Waals surface area (Å²) in [4.78, 5) is 0. The van der Waals surface area contributed by atoms with Crippen LogP contribution in [0.25, 0.3) is 21.8 Å². The van der Waals surface area contributed by atoms with Crippen molar-refractivity contribution < 1.29 is 4.74 Å². The first-order valence-electron chi connectivity index (χ1n) is 9.62. The van der Waals surface area contributed by atoms with Crippen molar-refractivity contribution in [1.29, 1.82) is 0 Å². The molecule has 4 heteroatoms. The first-order valence-corrected chi connectivity index (χ1v) is 10.4. The summed E-state index contributed by atoms with van der Waals surface area (Å²) in [5.74, 6) is 0.868. The molecule has 0 aliphatic rings. The van der Waals surface area contributed by atoms with Crippen molar-refractivity contribution in [2.45, 2.75) is 33.2 Å². The lowest BCUT2D eigenvalue weighted by atomic mass is 9.99. The number of halogens is 2. The quantitative estimate of drug-likeness (QED) is 0.336. The van der Waals surface area contributed by atoms with Crippen LogP contribution in [0.4, 0.5) is 0 Å². The maximum Gasteiger partial charge on any atom is 0.118 e. The molecular weight excluding hydrogens is 389 g/mol. The Labute approximate surface area is 175 Å². The summed E-state index contributed by atoms with van der Waals surface area (Å²) in [6.07, 6.45) is 1.86. The third-order valence-electron chi connectivity index (χ3n) is 5.48. The lowest BCUT2D eigenvalue weighted by molar-refractivity contribution is 0.414. The number of aromatic nitrogens is 1. The van der Waals surface area contributed by atoms with E-state index in [2.05, 4.69) is 42.7 Å². The van der Waals surface area contributed by atoms with Gasteiger partial charge in [0.05, 0.1) is 12.6 Å². The highest BCUT2D eigenvalue weighted by Gasteiger charge is 2.18. The van der Waals surface area contributed by atoms with Crippen molar-refractivity contribution in [1.82, 2.24) is 4.57 Å². The first kappa shape index (κ1) is 19.2. The largest absolute Gasteiger partial charge is 0.497 e. The molecule has 0 radical (unpaired) electrons. The summed E-state index contributed by atoms with van der Waals surface area (Å²) in [5.41, 5.74) is 6.23. The molecule has 0 atom stereocenters. The molecule has 0 amide bonds. The Balaban J connectivity index is 2.03. The maximum atomic E-state index is 6.67. The van der Waals surface area contributed by atoms with Crippen molar-refractivity contribution >= 4 is 45.0 Å². The van der Waals surface area contributed by atoms with Gasteiger partial charge in [-0.15, -0.1) is 0 Å². The Morgan fingerprint density at radius 2 is 1.57 bits per heavy atom. The van der Waals surface area contributed by atoms with Crippen LogP contribution in [-0.4, -0.2) is 11.7 Å². The fourth-order valence-electron chi connectivity index (χ4n) is 4.17. The number of fused-ring (bicyclic) bond motifs is 3. The van der Waals surface area contributed by atoms with Crippen molar-refractivity contribution in [3.63, 3.8) is 0 Å². The molecule has 0 aliphatic heterocycles. The summed E-state index contributed by atoms with van der Waals surface area (Å²) < 4.78 is 7.70. The molecule has 2 nitrogen and oxygen atoms in total. The van der Waals surface area contributed by atoms with Gasteiger partial charge in [-0.1, -0.05) is 49.2 Å². The van der Waals surface area contributed by atoms with E-state index in [4.69, 9.17) is 27.9 Å². The molecule has 0 saturated heterocycles. The minimum absolute atomic E-state index is 0.740. The Morgan fingerprint density at radius 3 is 2.21 bits per heavy atom. The zero-order chi connectivity index (χ0) is 19.8. The number of aryl methyl sites for hydroxylation is 1. The van der Waals surface area contributed by atoms with Gasteiger partial charge in [0.2, 0.25) is 0 Å². The van der Waals surface area contributed by atoms with Crippen molar-refractivity contribution in [2.24, 2.45) is 0 Å². The zero-order valence-electron chi connectivity index (χ0n) is 16.4. The number of ether oxygens (including phenoxy) is 1. The van der Waals surface area contributed by atoms with Crippen LogP contribution in [0.2, 0.25) is 10.0 Å². The fraction of sp³-hybridized carbons (Fsp3) is 0.250. The Kier molecular flexibility index (Phi) is 5.27. The van der Waals surface area contributed by atoms with E-state index < -0.39 is 0 Å². The third-order valence-corrected chi connectivity index (χ3v) is 6.05. The molecule has 0 spiro atoms. The van der Waals surface area contributed by atoms with Crippen molar-refractivity contribution in [2.75, 3.05) is 7.11 Å². The van der Waals surface area contributed by atoms with Crippen LogP contribution >= 0.6 is 23.2 Å². The average molecular weight is 412 g/mol. The van der Waals surface area contributed by atoms with Crippen LogP contribution in [0.15, 0.2) is 48.5 Å². The van der Waals surface area contributed by atoms with Crippen molar-refractivity contribution in [3.8, 4) is 5.75 Å². The van der Waals surface area contributed by atoms with Gasteiger partial charge in [0.1, 0.15) is 5.75 Å². The molecule has 0 saturated carbocycles. The van der Waals surface area contributed by atoms with Crippen LogP contribution < -0.4 is 4.74 Å². The topological polar surface area (TPSA) is 14.2 Å². The molecule has 4 rings (SSSR count). The van der Waals surface area contributed by atoms with Gasteiger partial charge >= 0.3 is 0 Å². The lowest BCUT2D eigenvalue weighted by Crippen LogP contribution is -2.03. The molecule has 144 valence electrons. The molecule has 0 N–H and O–H groups in total. The highest BCUT2D eigenvalue weighted by molar-refractivity contribution is 6.34. The Hall–Kier alpha value is -2.16. The minimum Gasteiger partial charge on any atom is -0.497 e. The van der Waals surface area contributed by atoms with Gasteiger partial charge in [-0.05, 0) is 65.9 Å². The fourth-order valence-corrected chi connectivity index (χ4v) is 4.70. The second-order valence-corrected chi connectivity index (χ2v) is 7.86. The molecule has 1 aromatic heterocycles. The molecule has 0 aliphatic carbocycles. The summed E-state index contributed by atoms with van der Waals surface area (Å²) in [6.45, 7) is 5.15. The Bertz CT molecular complexity index is 1160. The Morgan fingerprint density at radius 1 is 0.857 bits per heavy atom. The van der Waals surface area contributed by atoms with Crippen LogP contribution in [0.5, 0.6) is 5.75 Å². The van der Waals surface area contributed by atoms with Crippen molar-refractivity contribution in [3.05, 3.63) is 75.3 Å². The van der Waals surface area contributed by atoms with Crippen LogP contribution in [0.3, 0.4) is 0 Å². The molecule has 0 unspecified atom stereocenters. The second-order valence-electron chi connectivity index (χ2n) is 7.01. The van der Waals surface area contributed by atoms with E-state index in [-0.39, 0.29) is 0 Å². The number of methoxy groups -OCH3 is 1. The molecular formula is C24H23Cl2NO. The molecule has 3 aromatic carbocycles. The van der Waals surface area contributed by atoms with E-state index in [0.29, 0.717) is 0 Å². The molecule has 0 bridgehead atoms. The predicted molar refractivity (Wildman–Crippen MR) is 120 cm³/mol. The van der Waals surface area contributed by atoms with Crippen LogP contribution in [0, 0.1) is 0 Å². The smallest absolute Gasteiger partial charge is 0.118 e. The molecule has 28 heavy (non-hydrogen) atoms. The number of hydrogen-bond donors (Lipinski definition) is 0. The van der Waals surface area contributed by atoms with Gasteiger partial charge in [-0.2, -0.15) is 0 Å². The normalized spacial score (nSPS) is 11.5. The van der Waals surface area contributed by atoms with E-state index in [9.17, 15) is 0 Å². The standard InChI is InChI=1S/C24H23Cl2NO/c1-4-18-19(5-2)24-21(13-22(18)26)20-12-16(25)8-11-23(20)27(24)14-15-6-9-17(28-3)10-7-15/h6-13H,4-5,14H2,1-3H3. The van der Waals surface area contributed by atoms with Gasteiger partial charge in [0, 0.05) is 32.9 Å². The number of hydrogen-bond acceptors (Lipinski definition) is 1. The SMILES string of the molecule is CCc1c(Cl)cc2c3cc(Cl)ccc3n(Cc3ccc(OC)cc3)c2c1CC. The average Bonchev–Trinajstić information content (AvgIpc) is 3.00. The van der Waals surface area contributed by atoms with E-state index in [0.717, 1.165) is 40.6 Å². The van der Waals surface area contributed by atoms with Gasteiger partial charge in [-0.25, -0.2) is 0 Å². The van der Waals surface area contributed by atoms with Gasteiger partial charge in [-0.3, -0.25) is 0 Å². The van der Waals surface area contributed by atoms with E-state index >= 15 is 0 Å². The van der Waals surface area contributed by atoms with Gasteiger partial charge in [0.15, 0.2) is 0 Å². The van der Waals surface area contributed by atoms with Gasteiger partial charge < -0.3 is 9.30 Å². The summed E-state index contributed by atoms with van der Waals surface area (Å²) in [7, 11) is 1.69. The monoisotopic (exact) mass is 411 g/mol. The number of benzene rings is 3. The summed E-state index contributed by atoms with van der Waals surface area (Å²) >= 11 is 13.0. The molecule has 0 fully saturated rings. The van der Waals surface area contributed by atoms with Crippen LogP contribution in [0.1, 0.15) is 30.5 Å². The lowest BCUT2D eigenvalue weighted by Gasteiger charge is -2.15. The van der Waals surface area contributed by atoms with E-state index in [1.165, 1.54) is 33.1 Å². The van der Waals surface area contributed by atoms with E-state index in [1.54, 1.807) is 7.11 Å². The number of nitrogens with zero attached hydrogens (tertiary/aromatic N) is 1. The highest BCUT2D eigenvalue weighted by atomic mass is 35.5. The van der Waals surface area contributed by atoms with Crippen LogP contribution in [-0.2, 0) is 19.4 Å².